The zero-order chi connectivity index (χ0) is 15.9. The van der Waals surface area contributed by atoms with Gasteiger partial charge in [-0.1, -0.05) is 39.7 Å². The molecule has 0 spiro atoms. The van der Waals surface area contributed by atoms with Gasteiger partial charge in [-0.3, -0.25) is 0 Å². The molecule has 22 heavy (non-hydrogen) atoms. The van der Waals surface area contributed by atoms with E-state index in [4.69, 9.17) is 0 Å². The molecule has 0 bridgehead atoms. The molecule has 2 unspecified atom stereocenters. The Labute approximate surface area is 137 Å². The number of hydrogen-bond donors (Lipinski definition) is 0. The Hall–Kier alpha value is -1.03. The van der Waals surface area contributed by atoms with Crippen LogP contribution in [0.4, 0.5) is 0 Å². The molecule has 0 saturated carbocycles. The molecule has 2 rings (SSSR count). The number of allylic oxidation sites excluding steroid dienone is 4. The highest BCUT2D eigenvalue weighted by atomic mass is 14.3. The number of nitriles is 1. The van der Waals surface area contributed by atoms with Crippen LogP contribution < -0.4 is 0 Å². The SMILES string of the molecule is CC1CC/C(C#N)=C(/C2=C/CCCCCC2)CC(C(C)C)C1. The second-order valence-corrected chi connectivity index (χ2v) is 7.84. The number of nitrogens with zero attached hydrogens (tertiary/aromatic N) is 1. The van der Waals surface area contributed by atoms with Crippen molar-refractivity contribution in [2.45, 2.75) is 85.0 Å². The summed E-state index contributed by atoms with van der Waals surface area (Å²) >= 11 is 0. The zero-order valence-electron chi connectivity index (χ0n) is 14.8. The Morgan fingerprint density at radius 3 is 2.64 bits per heavy atom. The van der Waals surface area contributed by atoms with Crippen LogP contribution >= 0.6 is 0 Å². The molecule has 0 heterocycles. The van der Waals surface area contributed by atoms with E-state index >= 15 is 0 Å². The van der Waals surface area contributed by atoms with Crippen molar-refractivity contribution in [3.05, 3.63) is 22.8 Å². The maximum absolute atomic E-state index is 9.71. The van der Waals surface area contributed by atoms with Crippen LogP contribution in [0.25, 0.3) is 0 Å². The summed E-state index contributed by atoms with van der Waals surface area (Å²) in [5.74, 6) is 2.20. The molecule has 0 aromatic carbocycles. The van der Waals surface area contributed by atoms with Crippen LogP contribution in [0.2, 0.25) is 0 Å². The molecule has 1 heteroatoms. The molecule has 2 atom stereocenters. The third-order valence-corrected chi connectivity index (χ3v) is 5.68. The minimum Gasteiger partial charge on any atom is -0.193 e. The van der Waals surface area contributed by atoms with E-state index in [2.05, 4.69) is 32.9 Å². The second-order valence-electron chi connectivity index (χ2n) is 7.84. The van der Waals surface area contributed by atoms with Crippen molar-refractivity contribution in [3.63, 3.8) is 0 Å². The van der Waals surface area contributed by atoms with E-state index in [0.29, 0.717) is 5.92 Å². The van der Waals surface area contributed by atoms with Gasteiger partial charge in [-0.15, -0.1) is 0 Å². The third kappa shape index (κ3) is 4.73. The topological polar surface area (TPSA) is 23.8 Å². The molecule has 0 aromatic rings. The van der Waals surface area contributed by atoms with Gasteiger partial charge in [0.2, 0.25) is 0 Å². The van der Waals surface area contributed by atoms with Crippen LogP contribution in [-0.4, -0.2) is 0 Å². The van der Waals surface area contributed by atoms with Crippen molar-refractivity contribution in [2.24, 2.45) is 17.8 Å². The highest BCUT2D eigenvalue weighted by Crippen LogP contribution is 2.38. The molecule has 2 aliphatic carbocycles. The Balaban J connectivity index is 2.32. The lowest BCUT2D eigenvalue weighted by Gasteiger charge is -2.30. The molecule has 0 N–H and O–H groups in total. The van der Waals surface area contributed by atoms with Crippen molar-refractivity contribution in [3.8, 4) is 6.07 Å². The van der Waals surface area contributed by atoms with E-state index in [0.717, 1.165) is 30.3 Å². The lowest BCUT2D eigenvalue weighted by Crippen LogP contribution is -2.18. The minimum atomic E-state index is 0.713. The first-order valence-electron chi connectivity index (χ1n) is 9.43. The van der Waals surface area contributed by atoms with Crippen molar-refractivity contribution >= 4 is 0 Å². The molecule has 0 amide bonds. The van der Waals surface area contributed by atoms with Gasteiger partial charge in [-0.2, -0.15) is 5.26 Å². The minimum absolute atomic E-state index is 0.713. The first kappa shape index (κ1) is 17.3. The summed E-state index contributed by atoms with van der Waals surface area (Å²) in [6, 6.07) is 2.57. The highest BCUT2D eigenvalue weighted by Gasteiger charge is 2.25. The summed E-state index contributed by atoms with van der Waals surface area (Å²) in [6.07, 6.45) is 14.9. The standard InChI is InChI=1S/C21H33N/c1-16(2)20-13-17(3)11-12-19(15-22)21(14-20)18-9-7-5-4-6-8-10-18/h9,16-17,20H,4-8,10-14H2,1-3H3/b18-9+,21-19-. The van der Waals surface area contributed by atoms with Crippen LogP contribution in [0.15, 0.2) is 22.8 Å². The monoisotopic (exact) mass is 299 g/mol. The first-order chi connectivity index (χ1) is 10.6. The Kier molecular flexibility index (Phi) is 6.74. The number of rotatable bonds is 2. The highest BCUT2D eigenvalue weighted by molar-refractivity contribution is 5.42. The predicted molar refractivity (Wildman–Crippen MR) is 94.4 cm³/mol. The fourth-order valence-electron chi connectivity index (χ4n) is 4.07. The molecular formula is C21H33N. The fraction of sp³-hybridized carbons (Fsp3) is 0.762. The van der Waals surface area contributed by atoms with E-state index in [9.17, 15) is 5.26 Å². The Morgan fingerprint density at radius 1 is 1.14 bits per heavy atom. The van der Waals surface area contributed by atoms with Gasteiger partial charge in [0.05, 0.1) is 6.07 Å². The smallest absolute Gasteiger partial charge is 0.0950 e. The van der Waals surface area contributed by atoms with Gasteiger partial charge in [0.1, 0.15) is 0 Å². The fourth-order valence-corrected chi connectivity index (χ4v) is 4.07. The molecule has 0 aliphatic heterocycles. The van der Waals surface area contributed by atoms with Crippen molar-refractivity contribution in [1.29, 1.82) is 5.26 Å². The van der Waals surface area contributed by atoms with Gasteiger partial charge in [0, 0.05) is 5.57 Å². The normalized spacial score (nSPS) is 33.9. The first-order valence-corrected chi connectivity index (χ1v) is 9.43. The summed E-state index contributed by atoms with van der Waals surface area (Å²) in [6.45, 7) is 7.08. The lowest BCUT2D eigenvalue weighted by atomic mass is 9.75. The lowest BCUT2D eigenvalue weighted by molar-refractivity contribution is 0.290. The maximum atomic E-state index is 9.71. The van der Waals surface area contributed by atoms with Gasteiger partial charge in [0.15, 0.2) is 0 Å². The molecule has 0 radical (unpaired) electrons. The van der Waals surface area contributed by atoms with Crippen LogP contribution in [-0.2, 0) is 0 Å². The van der Waals surface area contributed by atoms with E-state index in [1.807, 2.05) is 0 Å². The quantitative estimate of drug-likeness (QED) is 0.565. The van der Waals surface area contributed by atoms with Crippen LogP contribution in [0.5, 0.6) is 0 Å². The molecule has 0 aromatic heterocycles. The third-order valence-electron chi connectivity index (χ3n) is 5.68. The summed E-state index contributed by atoms with van der Waals surface area (Å²) in [5, 5.41) is 9.71. The largest absolute Gasteiger partial charge is 0.193 e. The van der Waals surface area contributed by atoms with E-state index in [1.54, 1.807) is 0 Å². The molecule has 0 fully saturated rings. The second kappa shape index (κ2) is 8.56. The summed E-state index contributed by atoms with van der Waals surface area (Å²) in [4.78, 5) is 0. The van der Waals surface area contributed by atoms with Gasteiger partial charge < -0.3 is 0 Å². The Bertz CT molecular complexity index is 461. The van der Waals surface area contributed by atoms with Crippen LogP contribution in [0, 0.1) is 29.1 Å². The molecule has 0 saturated heterocycles. The predicted octanol–water partition coefficient (Wildman–Crippen LogP) is 6.57. The van der Waals surface area contributed by atoms with Gasteiger partial charge >= 0.3 is 0 Å². The van der Waals surface area contributed by atoms with E-state index in [-0.39, 0.29) is 0 Å². The van der Waals surface area contributed by atoms with Crippen LogP contribution in [0.3, 0.4) is 0 Å². The van der Waals surface area contributed by atoms with Gasteiger partial charge in [0.25, 0.3) is 0 Å². The average Bonchev–Trinajstić information content (AvgIpc) is 2.43. The number of hydrogen-bond acceptors (Lipinski definition) is 1. The summed E-state index contributed by atoms with van der Waals surface area (Å²) in [5.41, 5.74) is 4.07. The Morgan fingerprint density at radius 2 is 1.91 bits per heavy atom. The maximum Gasteiger partial charge on any atom is 0.0950 e. The van der Waals surface area contributed by atoms with Crippen molar-refractivity contribution < 1.29 is 0 Å². The average molecular weight is 300 g/mol. The molecule has 1 nitrogen and oxygen atoms in total. The van der Waals surface area contributed by atoms with Gasteiger partial charge in [-0.25, -0.2) is 0 Å². The summed E-state index contributed by atoms with van der Waals surface area (Å²) in [7, 11) is 0. The zero-order valence-corrected chi connectivity index (χ0v) is 14.8. The van der Waals surface area contributed by atoms with E-state index < -0.39 is 0 Å². The van der Waals surface area contributed by atoms with Crippen molar-refractivity contribution in [1.82, 2.24) is 0 Å². The molecular weight excluding hydrogens is 266 g/mol. The van der Waals surface area contributed by atoms with Gasteiger partial charge in [-0.05, 0) is 80.3 Å². The van der Waals surface area contributed by atoms with Crippen molar-refractivity contribution in [2.75, 3.05) is 0 Å². The van der Waals surface area contributed by atoms with E-state index in [1.165, 1.54) is 62.5 Å². The summed E-state index contributed by atoms with van der Waals surface area (Å²) < 4.78 is 0. The van der Waals surface area contributed by atoms with Crippen LogP contribution in [0.1, 0.15) is 85.0 Å². The molecule has 2 aliphatic rings. The molecule has 122 valence electrons.